The third-order valence-corrected chi connectivity index (χ3v) is 2.18. The van der Waals surface area contributed by atoms with Gasteiger partial charge in [0.15, 0.2) is 0 Å². The van der Waals surface area contributed by atoms with Gasteiger partial charge in [-0.15, -0.1) is 0 Å². The molecule has 1 rings (SSSR count). The van der Waals surface area contributed by atoms with E-state index in [0.717, 1.165) is 0 Å². The summed E-state index contributed by atoms with van der Waals surface area (Å²) < 4.78 is 10.1. The lowest BCUT2D eigenvalue weighted by Crippen LogP contribution is -2.36. The van der Waals surface area contributed by atoms with Crippen molar-refractivity contribution >= 4 is 24.4 Å². The molecule has 19 heavy (non-hydrogen) atoms. The molecule has 3 N–H and O–H groups in total. The van der Waals surface area contributed by atoms with Crippen LogP contribution in [0.25, 0.3) is 0 Å². The van der Waals surface area contributed by atoms with Gasteiger partial charge in [0.2, 0.25) is 0 Å². The fourth-order valence-electron chi connectivity index (χ4n) is 1.51. The Morgan fingerprint density at radius 2 is 1.95 bits per heavy atom. The van der Waals surface area contributed by atoms with Crippen molar-refractivity contribution in [1.82, 2.24) is 0 Å². The van der Waals surface area contributed by atoms with Crippen molar-refractivity contribution in [2.45, 2.75) is 26.4 Å². The molecule has 1 amide bonds. The maximum absolute atomic E-state index is 11.7. The van der Waals surface area contributed by atoms with Gasteiger partial charge in [0.25, 0.3) is 0 Å². The molecular weight excluding hydrogens is 249 g/mol. The van der Waals surface area contributed by atoms with E-state index in [1.807, 2.05) is 0 Å². The van der Waals surface area contributed by atoms with Crippen LogP contribution in [0.2, 0.25) is 0 Å². The van der Waals surface area contributed by atoms with Gasteiger partial charge in [0.1, 0.15) is 11.4 Å². The van der Waals surface area contributed by atoms with Gasteiger partial charge in [-0.3, -0.25) is 5.32 Å². The molecule has 0 atom stereocenters. The number of anilines is 1. The number of ether oxygens (including phenoxy) is 2. The summed E-state index contributed by atoms with van der Waals surface area (Å²) in [4.78, 5) is 11.7. The molecule has 6 nitrogen and oxygen atoms in total. The molecule has 0 spiro atoms. The first-order valence-corrected chi connectivity index (χ1v) is 5.77. The van der Waals surface area contributed by atoms with Crippen LogP contribution in [0.4, 0.5) is 10.5 Å². The zero-order valence-corrected chi connectivity index (χ0v) is 11.4. The summed E-state index contributed by atoms with van der Waals surface area (Å²) in [5.74, 6) is 0.267. The van der Waals surface area contributed by atoms with E-state index >= 15 is 0 Å². The van der Waals surface area contributed by atoms with Crippen molar-refractivity contribution in [1.29, 1.82) is 0 Å². The molecular formula is C12H18BNO5. The Morgan fingerprint density at radius 1 is 1.32 bits per heavy atom. The Balaban J connectivity index is 2.98. The number of hydrogen-bond donors (Lipinski definition) is 3. The monoisotopic (exact) mass is 267 g/mol. The molecule has 0 aliphatic rings. The molecule has 0 bridgehead atoms. The lowest BCUT2D eigenvalue weighted by atomic mass is 9.78. The highest BCUT2D eigenvalue weighted by Gasteiger charge is 2.24. The average molecular weight is 267 g/mol. The van der Waals surface area contributed by atoms with Crippen LogP contribution in [0.1, 0.15) is 20.8 Å². The van der Waals surface area contributed by atoms with Crippen LogP contribution >= 0.6 is 0 Å². The van der Waals surface area contributed by atoms with Gasteiger partial charge in [0, 0.05) is 11.2 Å². The summed E-state index contributed by atoms with van der Waals surface area (Å²) in [5.41, 5.74) is -0.333. The van der Waals surface area contributed by atoms with Crippen LogP contribution in [0.5, 0.6) is 5.75 Å². The van der Waals surface area contributed by atoms with Crippen LogP contribution in [0, 0.1) is 0 Å². The van der Waals surface area contributed by atoms with Crippen LogP contribution in [-0.4, -0.2) is 36.0 Å². The van der Waals surface area contributed by atoms with E-state index in [1.165, 1.54) is 13.2 Å². The molecule has 0 saturated heterocycles. The molecule has 1 aromatic carbocycles. The Hall–Kier alpha value is -1.73. The molecule has 0 unspecified atom stereocenters. The minimum Gasteiger partial charge on any atom is -0.497 e. The number of hydrogen-bond acceptors (Lipinski definition) is 5. The zero-order valence-electron chi connectivity index (χ0n) is 11.4. The van der Waals surface area contributed by atoms with Crippen LogP contribution in [-0.2, 0) is 4.74 Å². The maximum atomic E-state index is 11.7. The summed E-state index contributed by atoms with van der Waals surface area (Å²) in [6.45, 7) is 5.21. The Kier molecular flexibility index (Phi) is 4.80. The molecule has 7 heteroatoms. The maximum Gasteiger partial charge on any atom is 0.494 e. The lowest BCUT2D eigenvalue weighted by Gasteiger charge is -2.21. The fraction of sp³-hybridized carbons (Fsp3) is 0.417. The van der Waals surface area contributed by atoms with Crippen LogP contribution in [0.15, 0.2) is 18.2 Å². The summed E-state index contributed by atoms with van der Waals surface area (Å²) in [6, 6.07) is 4.72. The summed E-state index contributed by atoms with van der Waals surface area (Å²) >= 11 is 0. The fourth-order valence-corrected chi connectivity index (χ4v) is 1.51. The first-order valence-electron chi connectivity index (χ1n) is 5.77. The van der Waals surface area contributed by atoms with Crippen LogP contribution < -0.4 is 15.5 Å². The van der Waals surface area contributed by atoms with E-state index in [4.69, 9.17) is 9.47 Å². The van der Waals surface area contributed by atoms with E-state index < -0.39 is 18.8 Å². The van der Waals surface area contributed by atoms with Gasteiger partial charge in [-0.25, -0.2) is 4.79 Å². The second-order valence-corrected chi connectivity index (χ2v) is 4.92. The summed E-state index contributed by atoms with van der Waals surface area (Å²) in [7, 11) is -0.362. The molecule has 0 aliphatic heterocycles. The largest absolute Gasteiger partial charge is 0.497 e. The second-order valence-electron chi connectivity index (χ2n) is 4.92. The highest BCUT2D eigenvalue weighted by atomic mass is 16.6. The van der Waals surface area contributed by atoms with E-state index in [2.05, 4.69) is 5.32 Å². The number of amides is 1. The molecule has 0 heterocycles. The van der Waals surface area contributed by atoms with E-state index in [9.17, 15) is 14.8 Å². The Morgan fingerprint density at radius 3 is 2.42 bits per heavy atom. The van der Waals surface area contributed by atoms with Crippen molar-refractivity contribution in [2.75, 3.05) is 12.4 Å². The van der Waals surface area contributed by atoms with Gasteiger partial charge in [-0.2, -0.15) is 0 Å². The SMILES string of the molecule is COc1cccc(NC(=O)OC(C)(C)C)c1B(O)O. The molecule has 0 aliphatic carbocycles. The number of benzene rings is 1. The Bertz CT molecular complexity index is 456. The second kappa shape index (κ2) is 5.94. The molecule has 0 saturated carbocycles. The van der Waals surface area contributed by atoms with Gasteiger partial charge in [-0.1, -0.05) is 6.07 Å². The predicted octanol–water partition coefficient (Wildman–Crippen LogP) is 0.722. The first-order chi connectivity index (χ1) is 8.74. The van der Waals surface area contributed by atoms with Crippen molar-refractivity contribution in [3.8, 4) is 5.75 Å². The van der Waals surface area contributed by atoms with Crippen LogP contribution in [0.3, 0.4) is 0 Å². The molecule has 0 radical (unpaired) electrons. The van der Waals surface area contributed by atoms with Gasteiger partial charge >= 0.3 is 13.2 Å². The van der Waals surface area contributed by atoms with Gasteiger partial charge in [-0.05, 0) is 32.9 Å². The van der Waals surface area contributed by atoms with E-state index in [0.29, 0.717) is 0 Å². The number of rotatable bonds is 3. The Labute approximate surface area is 112 Å². The third-order valence-electron chi connectivity index (χ3n) is 2.18. The van der Waals surface area contributed by atoms with E-state index in [1.54, 1.807) is 32.9 Å². The van der Waals surface area contributed by atoms with E-state index in [-0.39, 0.29) is 16.9 Å². The summed E-state index contributed by atoms with van der Waals surface area (Å²) in [6.07, 6.45) is -0.678. The highest BCUT2D eigenvalue weighted by Crippen LogP contribution is 2.16. The minimum absolute atomic E-state index is 0.0795. The van der Waals surface area contributed by atoms with Crippen molar-refractivity contribution in [3.63, 3.8) is 0 Å². The third kappa shape index (κ3) is 4.46. The smallest absolute Gasteiger partial charge is 0.494 e. The van der Waals surface area contributed by atoms with Crippen molar-refractivity contribution < 1.29 is 24.3 Å². The normalized spacial score (nSPS) is 10.8. The quantitative estimate of drug-likeness (QED) is 0.702. The number of methoxy groups -OCH3 is 1. The van der Waals surface area contributed by atoms with Crippen molar-refractivity contribution in [2.24, 2.45) is 0 Å². The molecule has 1 aromatic rings. The predicted molar refractivity (Wildman–Crippen MR) is 72.7 cm³/mol. The lowest BCUT2D eigenvalue weighted by molar-refractivity contribution is 0.0636. The summed E-state index contributed by atoms with van der Waals surface area (Å²) in [5, 5.41) is 21.2. The highest BCUT2D eigenvalue weighted by molar-refractivity contribution is 6.62. The van der Waals surface area contributed by atoms with Gasteiger partial charge in [0.05, 0.1) is 7.11 Å². The average Bonchev–Trinajstić information content (AvgIpc) is 2.25. The zero-order chi connectivity index (χ0) is 14.6. The number of carbonyl (C=O) groups excluding carboxylic acids is 1. The molecule has 104 valence electrons. The molecule has 0 aromatic heterocycles. The minimum atomic E-state index is -1.76. The van der Waals surface area contributed by atoms with Crippen molar-refractivity contribution in [3.05, 3.63) is 18.2 Å². The first kappa shape index (κ1) is 15.3. The number of nitrogens with one attached hydrogen (secondary N) is 1. The molecule has 0 fully saturated rings. The van der Waals surface area contributed by atoms with Gasteiger partial charge < -0.3 is 19.5 Å². The number of carbonyl (C=O) groups is 1. The standard InChI is InChI=1S/C12H18BNO5/c1-12(2,3)19-11(15)14-8-6-5-7-9(18-4)10(8)13(16)17/h5-7,16-17H,1-4H3,(H,14,15). The topological polar surface area (TPSA) is 88.0 Å².